The van der Waals surface area contributed by atoms with E-state index < -0.39 is 0 Å². The number of carbonyl (C=O) groups excluding carboxylic acids is 2. The summed E-state index contributed by atoms with van der Waals surface area (Å²) in [5, 5.41) is -0.260. The second-order valence-electron chi connectivity index (χ2n) is 4.76. The molecule has 0 radical (unpaired) electrons. The molecule has 0 aromatic heterocycles. The van der Waals surface area contributed by atoms with Gasteiger partial charge in [0.2, 0.25) is 0 Å². The van der Waals surface area contributed by atoms with Gasteiger partial charge in [-0.2, -0.15) is 0 Å². The van der Waals surface area contributed by atoms with Crippen molar-refractivity contribution in [3.05, 3.63) is 70.6 Å². The molecule has 0 aliphatic carbocycles. The number of hydrogen-bond acceptors (Lipinski definition) is 3. The Kier molecular flexibility index (Phi) is 3.62. The topological polar surface area (TPSA) is 37.4 Å². The molecule has 2 amide bonds. The van der Waals surface area contributed by atoms with E-state index in [9.17, 15) is 9.59 Å². The number of amides is 2. The third kappa shape index (κ3) is 2.76. The van der Waals surface area contributed by atoms with Crippen LogP contribution < -0.4 is 4.90 Å². The molecule has 3 nitrogen and oxygen atoms in total. The number of aryl methyl sites for hydroxylation is 1. The second kappa shape index (κ2) is 5.58. The third-order valence-corrected chi connectivity index (χ3v) is 4.05. The van der Waals surface area contributed by atoms with Crippen molar-refractivity contribution in [1.82, 2.24) is 0 Å². The lowest BCUT2D eigenvalue weighted by atomic mass is 10.1. The Morgan fingerprint density at radius 3 is 2.29 bits per heavy atom. The van der Waals surface area contributed by atoms with Gasteiger partial charge in [-0.15, -0.1) is 0 Å². The number of hydrogen-bond donors (Lipinski definition) is 0. The molecule has 3 rings (SSSR count). The molecule has 21 heavy (non-hydrogen) atoms. The van der Waals surface area contributed by atoms with Crippen molar-refractivity contribution in [2.45, 2.75) is 6.92 Å². The number of nitrogens with zero attached hydrogens (tertiary/aromatic N) is 1. The summed E-state index contributed by atoms with van der Waals surface area (Å²) in [6.45, 7) is 2.01. The van der Waals surface area contributed by atoms with Gasteiger partial charge in [0.05, 0.1) is 10.6 Å². The van der Waals surface area contributed by atoms with Crippen molar-refractivity contribution in [2.75, 3.05) is 4.90 Å². The molecule has 2 aromatic carbocycles. The Bertz CT molecular complexity index is 720. The molecule has 104 valence electrons. The van der Waals surface area contributed by atoms with E-state index in [2.05, 4.69) is 0 Å². The molecule has 1 saturated heterocycles. The van der Waals surface area contributed by atoms with E-state index in [4.69, 9.17) is 0 Å². The summed E-state index contributed by atoms with van der Waals surface area (Å²) in [6, 6.07) is 16.8. The average Bonchev–Trinajstić information content (AvgIpc) is 2.77. The maximum absolute atomic E-state index is 12.4. The van der Waals surface area contributed by atoms with Crippen molar-refractivity contribution in [3.63, 3.8) is 0 Å². The highest BCUT2D eigenvalue weighted by Crippen LogP contribution is 2.35. The molecule has 4 heteroatoms. The minimum absolute atomic E-state index is 0.260. The first-order chi connectivity index (χ1) is 10.1. The van der Waals surface area contributed by atoms with E-state index >= 15 is 0 Å². The van der Waals surface area contributed by atoms with Gasteiger partial charge < -0.3 is 0 Å². The van der Waals surface area contributed by atoms with Crippen molar-refractivity contribution in [3.8, 4) is 0 Å². The van der Waals surface area contributed by atoms with Crippen molar-refractivity contribution >= 4 is 34.7 Å². The predicted molar refractivity (Wildman–Crippen MR) is 86.1 cm³/mol. The second-order valence-corrected chi connectivity index (χ2v) is 5.76. The van der Waals surface area contributed by atoms with Gasteiger partial charge in [-0.05, 0) is 42.5 Å². The minimum atomic E-state index is -0.267. The Morgan fingerprint density at radius 2 is 1.62 bits per heavy atom. The van der Waals surface area contributed by atoms with Gasteiger partial charge in [-0.3, -0.25) is 9.59 Å². The van der Waals surface area contributed by atoms with Crippen LogP contribution in [0.4, 0.5) is 10.5 Å². The number of imide groups is 1. The fourth-order valence-electron chi connectivity index (χ4n) is 2.08. The molecule has 0 unspecified atom stereocenters. The molecule has 1 heterocycles. The van der Waals surface area contributed by atoms with Crippen molar-refractivity contribution in [1.29, 1.82) is 0 Å². The number of carbonyl (C=O) groups is 2. The molecular weight excluding hydrogens is 282 g/mol. The highest BCUT2D eigenvalue weighted by atomic mass is 32.2. The molecule has 1 aliphatic heterocycles. The van der Waals surface area contributed by atoms with Crippen LogP contribution in [0.1, 0.15) is 11.1 Å². The highest BCUT2D eigenvalue weighted by molar-refractivity contribution is 8.19. The van der Waals surface area contributed by atoms with Crippen LogP contribution in [0.25, 0.3) is 6.08 Å². The first kappa shape index (κ1) is 13.6. The van der Waals surface area contributed by atoms with Crippen LogP contribution >= 0.6 is 11.8 Å². The molecule has 0 atom stereocenters. The van der Waals surface area contributed by atoms with Crippen LogP contribution in [0.5, 0.6) is 0 Å². The molecule has 0 N–H and O–H groups in total. The summed E-state index contributed by atoms with van der Waals surface area (Å²) in [4.78, 5) is 26.1. The van der Waals surface area contributed by atoms with Crippen molar-refractivity contribution in [2.24, 2.45) is 0 Å². The van der Waals surface area contributed by atoms with Crippen LogP contribution in [-0.4, -0.2) is 11.1 Å². The van der Waals surface area contributed by atoms with Gasteiger partial charge in [-0.1, -0.05) is 48.0 Å². The summed E-state index contributed by atoms with van der Waals surface area (Å²) >= 11 is 0.974. The summed E-state index contributed by atoms with van der Waals surface area (Å²) in [6.07, 6.45) is 1.76. The summed E-state index contributed by atoms with van der Waals surface area (Å²) in [5.41, 5.74) is 2.68. The number of rotatable bonds is 2. The SMILES string of the molecule is Cc1ccc(/C=C2/SC(=O)N(c3ccccc3)C2=O)cc1. The third-order valence-electron chi connectivity index (χ3n) is 3.18. The van der Waals surface area contributed by atoms with E-state index in [0.717, 1.165) is 22.9 Å². The molecule has 0 bridgehead atoms. The molecular formula is C17H13NO2S. The van der Waals surface area contributed by atoms with Crippen molar-refractivity contribution < 1.29 is 9.59 Å². The van der Waals surface area contributed by atoms with Gasteiger partial charge in [-0.25, -0.2) is 4.90 Å². The summed E-state index contributed by atoms with van der Waals surface area (Å²) in [7, 11) is 0. The Hall–Kier alpha value is -2.33. The van der Waals surface area contributed by atoms with Gasteiger partial charge >= 0.3 is 0 Å². The Balaban J connectivity index is 1.92. The molecule has 0 saturated carbocycles. The zero-order valence-electron chi connectivity index (χ0n) is 11.4. The molecule has 1 aliphatic rings. The van der Waals surface area contributed by atoms with Gasteiger partial charge in [0.25, 0.3) is 11.1 Å². The number of thioether (sulfide) groups is 1. The van der Waals surface area contributed by atoms with Crippen LogP contribution in [0.2, 0.25) is 0 Å². The largest absolute Gasteiger partial charge is 0.298 e. The van der Waals surface area contributed by atoms with E-state index in [1.807, 2.05) is 49.4 Å². The van der Waals surface area contributed by atoms with E-state index in [1.54, 1.807) is 18.2 Å². The van der Waals surface area contributed by atoms with Gasteiger partial charge in [0.15, 0.2) is 0 Å². The van der Waals surface area contributed by atoms with Gasteiger partial charge in [0.1, 0.15) is 0 Å². The molecule has 2 aromatic rings. The fraction of sp³-hybridized carbons (Fsp3) is 0.0588. The number of benzene rings is 2. The normalized spacial score (nSPS) is 16.8. The highest BCUT2D eigenvalue weighted by Gasteiger charge is 2.36. The lowest BCUT2D eigenvalue weighted by molar-refractivity contribution is -0.113. The minimum Gasteiger partial charge on any atom is -0.268 e. The summed E-state index contributed by atoms with van der Waals surface area (Å²) < 4.78 is 0. The van der Waals surface area contributed by atoms with Crippen LogP contribution in [0.3, 0.4) is 0 Å². The first-order valence-corrected chi connectivity index (χ1v) is 7.36. The maximum atomic E-state index is 12.4. The van der Waals surface area contributed by atoms with Crippen LogP contribution in [0.15, 0.2) is 59.5 Å². The smallest absolute Gasteiger partial charge is 0.268 e. The lowest BCUT2D eigenvalue weighted by Gasteiger charge is -2.11. The lowest BCUT2D eigenvalue weighted by Crippen LogP contribution is -2.27. The average molecular weight is 295 g/mol. The monoisotopic (exact) mass is 295 g/mol. The molecule has 0 spiro atoms. The first-order valence-electron chi connectivity index (χ1n) is 6.55. The zero-order chi connectivity index (χ0) is 14.8. The van der Waals surface area contributed by atoms with E-state index in [0.29, 0.717) is 10.6 Å². The fourth-order valence-corrected chi connectivity index (χ4v) is 2.92. The standard InChI is InChI=1S/C17H13NO2S/c1-12-7-9-13(10-8-12)11-15-16(19)18(17(20)21-15)14-5-3-2-4-6-14/h2-11H,1H3/b15-11+. The maximum Gasteiger partial charge on any atom is 0.298 e. The zero-order valence-corrected chi connectivity index (χ0v) is 12.3. The van der Waals surface area contributed by atoms with Crippen LogP contribution in [0, 0.1) is 6.92 Å². The van der Waals surface area contributed by atoms with E-state index in [1.165, 1.54) is 4.90 Å². The Labute approximate surface area is 127 Å². The Morgan fingerprint density at radius 1 is 0.952 bits per heavy atom. The molecule has 1 fully saturated rings. The van der Waals surface area contributed by atoms with Crippen LogP contribution in [-0.2, 0) is 4.79 Å². The number of para-hydroxylation sites is 1. The van der Waals surface area contributed by atoms with E-state index in [-0.39, 0.29) is 11.1 Å². The van der Waals surface area contributed by atoms with Gasteiger partial charge in [0, 0.05) is 0 Å². The quantitative estimate of drug-likeness (QED) is 0.778. The summed E-state index contributed by atoms with van der Waals surface area (Å²) in [5.74, 6) is -0.267. The number of anilines is 1. The predicted octanol–water partition coefficient (Wildman–Crippen LogP) is 4.24.